The third kappa shape index (κ3) is 4.05. The second kappa shape index (κ2) is 8.69. The standard InChI is InChI=1S/C24H24N4O3S2/c1-4-32-19-9-10-33-22(19)20-16(13-25)23(26)27(14-5-7-15(8-6-14)28(30)31)17-11-24(2,3)12-18(29)21(17)20/h5-10,20H,4,11-12,26H2,1-3H3/t20-/m1/s1. The SMILES string of the molecule is CCSc1ccsc1[C@@H]1C(C#N)=C(N)N(c2ccc([N+](=O)[O-])cc2)C2=C1C(=O)CC(C)(C)C2. The highest BCUT2D eigenvalue weighted by atomic mass is 32.2. The fourth-order valence-electron chi connectivity index (χ4n) is 4.58. The van der Waals surface area contributed by atoms with Crippen molar-refractivity contribution in [1.29, 1.82) is 5.26 Å². The zero-order valence-electron chi connectivity index (χ0n) is 18.6. The molecule has 170 valence electrons. The van der Waals surface area contributed by atoms with E-state index in [2.05, 4.69) is 13.0 Å². The fourth-order valence-corrected chi connectivity index (χ4v) is 6.63. The first kappa shape index (κ1) is 23.1. The van der Waals surface area contributed by atoms with Gasteiger partial charge in [0.1, 0.15) is 5.82 Å². The Morgan fingerprint density at radius 3 is 2.61 bits per heavy atom. The smallest absolute Gasteiger partial charge is 0.269 e. The molecule has 1 aliphatic carbocycles. The van der Waals surface area contributed by atoms with Crippen molar-refractivity contribution in [3.05, 3.63) is 73.4 Å². The topological polar surface area (TPSA) is 113 Å². The molecule has 33 heavy (non-hydrogen) atoms. The largest absolute Gasteiger partial charge is 0.384 e. The highest BCUT2D eigenvalue weighted by molar-refractivity contribution is 7.99. The number of nitriles is 1. The number of hydrogen-bond donors (Lipinski definition) is 1. The second-order valence-electron chi connectivity index (χ2n) is 8.84. The van der Waals surface area contributed by atoms with Crippen molar-refractivity contribution in [3.63, 3.8) is 0 Å². The molecule has 0 saturated heterocycles. The van der Waals surface area contributed by atoms with Crippen LogP contribution in [0.25, 0.3) is 0 Å². The van der Waals surface area contributed by atoms with Crippen LogP contribution in [0.1, 0.15) is 44.4 Å². The zero-order chi connectivity index (χ0) is 23.9. The lowest BCUT2D eigenvalue weighted by Crippen LogP contribution is -2.42. The van der Waals surface area contributed by atoms with Crippen LogP contribution in [-0.4, -0.2) is 16.5 Å². The summed E-state index contributed by atoms with van der Waals surface area (Å²) in [7, 11) is 0. The normalized spacial score (nSPS) is 20.0. The summed E-state index contributed by atoms with van der Waals surface area (Å²) in [5.41, 5.74) is 8.62. The molecule has 0 spiro atoms. The van der Waals surface area contributed by atoms with Gasteiger partial charge in [-0.2, -0.15) is 5.26 Å². The minimum absolute atomic E-state index is 0.0132. The summed E-state index contributed by atoms with van der Waals surface area (Å²) in [6, 6.07) is 10.3. The number of ketones is 1. The molecule has 2 N–H and O–H groups in total. The molecule has 2 aliphatic rings. The van der Waals surface area contributed by atoms with E-state index in [1.54, 1.807) is 28.8 Å². The summed E-state index contributed by atoms with van der Waals surface area (Å²) < 4.78 is 0. The van der Waals surface area contributed by atoms with Crippen LogP contribution in [-0.2, 0) is 4.79 Å². The van der Waals surface area contributed by atoms with Crippen molar-refractivity contribution >= 4 is 40.3 Å². The van der Waals surface area contributed by atoms with Gasteiger partial charge < -0.3 is 5.73 Å². The highest BCUT2D eigenvalue weighted by Crippen LogP contribution is 2.52. The number of nitro benzene ring substituents is 1. The van der Waals surface area contributed by atoms with Gasteiger partial charge in [0.2, 0.25) is 0 Å². The van der Waals surface area contributed by atoms with Crippen LogP contribution in [0.5, 0.6) is 0 Å². The van der Waals surface area contributed by atoms with Crippen molar-refractivity contribution in [2.45, 2.75) is 44.4 Å². The maximum atomic E-state index is 13.6. The predicted octanol–water partition coefficient (Wildman–Crippen LogP) is 5.71. The number of rotatable bonds is 5. The molecular formula is C24H24N4O3S2. The average Bonchev–Trinajstić information content (AvgIpc) is 3.20. The number of non-ortho nitro benzene ring substituents is 1. The minimum Gasteiger partial charge on any atom is -0.384 e. The van der Waals surface area contributed by atoms with E-state index in [0.29, 0.717) is 29.7 Å². The fraction of sp³-hybridized carbons (Fsp3) is 0.333. The van der Waals surface area contributed by atoms with E-state index in [0.717, 1.165) is 21.2 Å². The molecule has 0 saturated carbocycles. The maximum absolute atomic E-state index is 13.6. The molecule has 1 aromatic heterocycles. The lowest BCUT2D eigenvalue weighted by Gasteiger charge is -2.43. The van der Waals surface area contributed by atoms with E-state index in [9.17, 15) is 20.2 Å². The molecular weight excluding hydrogens is 456 g/mol. The molecule has 2 aromatic rings. The number of benzene rings is 1. The van der Waals surface area contributed by atoms with Crippen LogP contribution in [0.3, 0.4) is 0 Å². The van der Waals surface area contributed by atoms with E-state index in [1.165, 1.54) is 23.5 Å². The van der Waals surface area contributed by atoms with Crippen molar-refractivity contribution < 1.29 is 9.72 Å². The summed E-state index contributed by atoms with van der Waals surface area (Å²) in [4.78, 5) is 28.0. The zero-order valence-corrected chi connectivity index (χ0v) is 20.3. The first-order valence-electron chi connectivity index (χ1n) is 10.6. The first-order valence-corrected chi connectivity index (χ1v) is 12.5. The van der Waals surface area contributed by atoms with Crippen LogP contribution < -0.4 is 10.6 Å². The van der Waals surface area contributed by atoms with Crippen molar-refractivity contribution in [2.24, 2.45) is 11.1 Å². The average molecular weight is 481 g/mol. The van der Waals surface area contributed by atoms with E-state index < -0.39 is 10.8 Å². The highest BCUT2D eigenvalue weighted by Gasteiger charge is 2.45. The lowest BCUT2D eigenvalue weighted by atomic mass is 9.69. The Morgan fingerprint density at radius 2 is 2.00 bits per heavy atom. The van der Waals surface area contributed by atoms with E-state index in [-0.39, 0.29) is 22.7 Å². The molecule has 1 atom stereocenters. The number of carbonyl (C=O) groups is 1. The van der Waals surface area contributed by atoms with E-state index in [4.69, 9.17) is 5.73 Å². The monoisotopic (exact) mass is 480 g/mol. The number of nitrogens with two attached hydrogens (primary N) is 1. The van der Waals surface area contributed by atoms with Gasteiger partial charge in [-0.15, -0.1) is 23.1 Å². The minimum atomic E-state index is -0.503. The number of thioether (sulfide) groups is 1. The van der Waals surface area contributed by atoms with Crippen LogP contribution in [0.15, 0.2) is 63.3 Å². The van der Waals surface area contributed by atoms with Gasteiger partial charge in [0.15, 0.2) is 5.78 Å². The number of allylic oxidation sites excluding steroid dienone is 3. The Morgan fingerprint density at radius 1 is 1.30 bits per heavy atom. The molecule has 0 bridgehead atoms. The number of Topliss-reactive ketones (excluding diaryl/α,β-unsaturated/α-hetero) is 1. The number of anilines is 1. The Labute approximate surface area is 200 Å². The molecule has 0 radical (unpaired) electrons. The van der Waals surface area contributed by atoms with Gasteiger partial charge in [0.05, 0.1) is 22.5 Å². The molecule has 9 heteroatoms. The third-order valence-corrected chi connectivity index (χ3v) is 7.99. The van der Waals surface area contributed by atoms with Crippen molar-refractivity contribution in [3.8, 4) is 6.07 Å². The molecule has 0 fully saturated rings. The molecule has 0 unspecified atom stereocenters. The summed E-state index contributed by atoms with van der Waals surface area (Å²) in [6.07, 6.45) is 0.985. The Hall–Kier alpha value is -3.09. The van der Waals surface area contributed by atoms with Gasteiger partial charge in [0, 0.05) is 45.3 Å². The summed E-state index contributed by atoms with van der Waals surface area (Å²) in [5, 5.41) is 23.3. The maximum Gasteiger partial charge on any atom is 0.269 e. The molecule has 1 aromatic carbocycles. The lowest BCUT2D eigenvalue weighted by molar-refractivity contribution is -0.384. The van der Waals surface area contributed by atoms with E-state index >= 15 is 0 Å². The van der Waals surface area contributed by atoms with Crippen LogP contribution >= 0.6 is 23.1 Å². The molecule has 1 aliphatic heterocycles. The van der Waals surface area contributed by atoms with Gasteiger partial charge in [-0.1, -0.05) is 20.8 Å². The van der Waals surface area contributed by atoms with Crippen LogP contribution in [0, 0.1) is 26.9 Å². The summed E-state index contributed by atoms with van der Waals surface area (Å²) >= 11 is 3.22. The van der Waals surface area contributed by atoms with Gasteiger partial charge in [-0.3, -0.25) is 19.8 Å². The number of hydrogen-bond acceptors (Lipinski definition) is 8. The van der Waals surface area contributed by atoms with Crippen LogP contribution in [0.4, 0.5) is 11.4 Å². The summed E-state index contributed by atoms with van der Waals surface area (Å²) in [5.74, 6) is 0.650. The molecule has 2 heterocycles. The quantitative estimate of drug-likeness (QED) is 0.331. The summed E-state index contributed by atoms with van der Waals surface area (Å²) in [6.45, 7) is 6.15. The van der Waals surface area contributed by atoms with Crippen molar-refractivity contribution in [2.75, 3.05) is 10.7 Å². The van der Waals surface area contributed by atoms with Gasteiger partial charge >= 0.3 is 0 Å². The molecule has 0 amide bonds. The van der Waals surface area contributed by atoms with Crippen molar-refractivity contribution in [1.82, 2.24) is 0 Å². The number of nitrogens with zero attached hydrogens (tertiary/aromatic N) is 3. The number of nitro groups is 1. The van der Waals surface area contributed by atoms with E-state index in [1.807, 2.05) is 25.3 Å². The predicted molar refractivity (Wildman–Crippen MR) is 131 cm³/mol. The van der Waals surface area contributed by atoms with Gasteiger partial charge in [0.25, 0.3) is 5.69 Å². The Bertz CT molecular complexity index is 1240. The first-order chi connectivity index (χ1) is 15.7. The number of carbonyl (C=O) groups excluding carboxylic acids is 1. The molecule has 4 rings (SSSR count). The van der Waals surface area contributed by atoms with Gasteiger partial charge in [-0.25, -0.2) is 0 Å². The van der Waals surface area contributed by atoms with Gasteiger partial charge in [-0.05, 0) is 41.2 Å². The molecule has 7 nitrogen and oxygen atoms in total. The van der Waals surface area contributed by atoms with Crippen LogP contribution in [0.2, 0.25) is 0 Å². The third-order valence-electron chi connectivity index (χ3n) is 5.92. The number of thiophene rings is 1. The Balaban J connectivity index is 1.96. The Kier molecular flexibility index (Phi) is 6.08. The second-order valence-corrected chi connectivity index (χ2v) is 11.1.